The Bertz CT molecular complexity index is 1080. The van der Waals surface area contributed by atoms with Gasteiger partial charge < -0.3 is 15.0 Å². The van der Waals surface area contributed by atoms with Crippen molar-refractivity contribution in [3.8, 4) is 0 Å². The fourth-order valence-corrected chi connectivity index (χ4v) is 3.91. The van der Waals surface area contributed by atoms with Crippen LogP contribution in [0.15, 0.2) is 24.4 Å². The van der Waals surface area contributed by atoms with Crippen LogP contribution in [0.5, 0.6) is 0 Å². The molecule has 1 aliphatic heterocycles. The standard InChI is InChI=1S/C18H16N4O4S/c1-8-6-19-16(24)14-13(8)10-5-9(3-4-11(10)21-14)15(23)22-18-20-7-12(27-18)17(25)26-2/h3-5,7-8,21H,6H2,1-2H3,(H,19,24)(H,20,22,23). The van der Waals surface area contributed by atoms with Gasteiger partial charge in [-0.2, -0.15) is 0 Å². The lowest BCUT2D eigenvalue weighted by atomic mass is 9.93. The zero-order valence-corrected chi connectivity index (χ0v) is 15.4. The Hall–Kier alpha value is -3.20. The molecule has 138 valence electrons. The molecule has 3 heterocycles. The van der Waals surface area contributed by atoms with Gasteiger partial charge in [-0.3, -0.25) is 14.9 Å². The minimum absolute atomic E-state index is 0.136. The Kier molecular flexibility index (Phi) is 4.15. The van der Waals surface area contributed by atoms with E-state index >= 15 is 0 Å². The SMILES string of the molecule is COC(=O)c1cnc(NC(=O)c2ccc3[nH]c4c(c3c2)C(C)CNC4=O)s1. The van der Waals surface area contributed by atoms with E-state index in [0.29, 0.717) is 27.8 Å². The van der Waals surface area contributed by atoms with Crippen LogP contribution in [-0.2, 0) is 4.74 Å². The number of amides is 2. The van der Waals surface area contributed by atoms with Crippen LogP contribution in [0.3, 0.4) is 0 Å². The third kappa shape index (κ3) is 2.95. The van der Waals surface area contributed by atoms with Crippen molar-refractivity contribution in [3.05, 3.63) is 46.1 Å². The molecule has 0 saturated carbocycles. The molecule has 0 aliphatic carbocycles. The number of rotatable bonds is 3. The van der Waals surface area contributed by atoms with Crippen LogP contribution in [0.4, 0.5) is 5.13 Å². The highest BCUT2D eigenvalue weighted by atomic mass is 32.1. The van der Waals surface area contributed by atoms with Crippen LogP contribution in [0, 0.1) is 0 Å². The molecule has 1 aliphatic rings. The molecule has 0 radical (unpaired) electrons. The molecule has 2 aromatic heterocycles. The van der Waals surface area contributed by atoms with Crippen molar-refractivity contribution >= 4 is 45.2 Å². The Morgan fingerprint density at radius 2 is 2.19 bits per heavy atom. The third-order valence-corrected chi connectivity index (χ3v) is 5.40. The lowest BCUT2D eigenvalue weighted by molar-refractivity contribution is 0.0605. The summed E-state index contributed by atoms with van der Waals surface area (Å²) in [5, 5.41) is 6.69. The van der Waals surface area contributed by atoms with Crippen LogP contribution in [0.2, 0.25) is 0 Å². The van der Waals surface area contributed by atoms with Crippen molar-refractivity contribution < 1.29 is 19.1 Å². The zero-order chi connectivity index (χ0) is 19.1. The lowest BCUT2D eigenvalue weighted by Crippen LogP contribution is -2.33. The Morgan fingerprint density at radius 3 is 2.96 bits per heavy atom. The number of ether oxygens (including phenoxy) is 1. The van der Waals surface area contributed by atoms with Gasteiger partial charge in [-0.15, -0.1) is 0 Å². The highest BCUT2D eigenvalue weighted by Gasteiger charge is 2.27. The molecule has 2 amide bonds. The summed E-state index contributed by atoms with van der Waals surface area (Å²) in [7, 11) is 1.29. The van der Waals surface area contributed by atoms with E-state index in [9.17, 15) is 14.4 Å². The van der Waals surface area contributed by atoms with Gasteiger partial charge in [0.15, 0.2) is 5.13 Å². The van der Waals surface area contributed by atoms with E-state index in [2.05, 4.69) is 25.3 Å². The maximum atomic E-state index is 12.6. The number of H-pyrrole nitrogens is 1. The summed E-state index contributed by atoms with van der Waals surface area (Å²) in [6.07, 6.45) is 1.36. The summed E-state index contributed by atoms with van der Waals surface area (Å²) in [6.45, 7) is 2.59. The molecule has 27 heavy (non-hydrogen) atoms. The number of benzene rings is 1. The number of nitrogens with one attached hydrogen (secondary N) is 3. The van der Waals surface area contributed by atoms with Crippen molar-refractivity contribution in [1.29, 1.82) is 0 Å². The van der Waals surface area contributed by atoms with Gasteiger partial charge in [0.1, 0.15) is 10.6 Å². The molecule has 0 saturated heterocycles. The molecule has 3 N–H and O–H groups in total. The number of aromatic nitrogens is 2. The number of thiazole rings is 1. The fourth-order valence-electron chi connectivity index (χ4n) is 3.18. The van der Waals surface area contributed by atoms with Crippen LogP contribution in [0.1, 0.15) is 48.9 Å². The minimum atomic E-state index is -0.499. The quantitative estimate of drug-likeness (QED) is 0.601. The fraction of sp³-hybridized carbons (Fsp3) is 0.222. The highest BCUT2D eigenvalue weighted by Crippen LogP contribution is 2.32. The van der Waals surface area contributed by atoms with E-state index in [0.717, 1.165) is 27.8 Å². The number of nitrogens with zero attached hydrogens (tertiary/aromatic N) is 1. The van der Waals surface area contributed by atoms with Crippen molar-refractivity contribution in [1.82, 2.24) is 15.3 Å². The Labute approximate surface area is 157 Å². The zero-order valence-electron chi connectivity index (χ0n) is 14.6. The number of aromatic amines is 1. The number of carbonyl (C=O) groups is 3. The molecule has 9 heteroatoms. The number of fused-ring (bicyclic) bond motifs is 3. The first-order chi connectivity index (χ1) is 13.0. The largest absolute Gasteiger partial charge is 0.465 e. The average molecular weight is 384 g/mol. The van der Waals surface area contributed by atoms with Gasteiger partial charge in [-0.25, -0.2) is 9.78 Å². The van der Waals surface area contributed by atoms with Crippen LogP contribution in [-0.4, -0.2) is 41.4 Å². The van der Waals surface area contributed by atoms with Gasteiger partial charge in [0.25, 0.3) is 11.8 Å². The van der Waals surface area contributed by atoms with Gasteiger partial charge in [-0.1, -0.05) is 18.3 Å². The summed E-state index contributed by atoms with van der Waals surface area (Å²) in [5.41, 5.74) is 2.72. The van der Waals surface area contributed by atoms with E-state index in [4.69, 9.17) is 0 Å². The average Bonchev–Trinajstić information content (AvgIpc) is 3.28. The summed E-state index contributed by atoms with van der Waals surface area (Å²) < 4.78 is 4.63. The van der Waals surface area contributed by atoms with Gasteiger partial charge in [0.2, 0.25) is 0 Å². The van der Waals surface area contributed by atoms with E-state index in [1.165, 1.54) is 13.3 Å². The van der Waals surface area contributed by atoms with Crippen molar-refractivity contribution in [3.63, 3.8) is 0 Å². The van der Waals surface area contributed by atoms with E-state index in [1.807, 2.05) is 6.92 Å². The van der Waals surface area contributed by atoms with E-state index < -0.39 is 5.97 Å². The monoisotopic (exact) mass is 384 g/mol. The first-order valence-corrected chi connectivity index (χ1v) is 9.09. The van der Waals surface area contributed by atoms with Gasteiger partial charge in [0.05, 0.1) is 13.3 Å². The molecule has 8 nitrogen and oxygen atoms in total. The number of esters is 1. The summed E-state index contributed by atoms with van der Waals surface area (Å²) in [4.78, 5) is 43.6. The second-order valence-corrected chi connectivity index (χ2v) is 7.29. The number of hydrogen-bond donors (Lipinski definition) is 3. The first-order valence-electron chi connectivity index (χ1n) is 8.27. The number of carbonyl (C=O) groups excluding carboxylic acids is 3. The molecule has 3 aromatic rings. The first kappa shape index (κ1) is 17.2. The molecular weight excluding hydrogens is 368 g/mol. The number of hydrogen-bond acceptors (Lipinski definition) is 6. The van der Waals surface area contributed by atoms with Gasteiger partial charge in [-0.05, 0) is 23.8 Å². The number of methoxy groups -OCH3 is 1. The van der Waals surface area contributed by atoms with Crippen molar-refractivity contribution in [2.45, 2.75) is 12.8 Å². The maximum absolute atomic E-state index is 12.6. The Balaban J connectivity index is 1.65. The van der Waals surface area contributed by atoms with Gasteiger partial charge in [0, 0.05) is 28.9 Å². The second kappa shape index (κ2) is 6.51. The van der Waals surface area contributed by atoms with E-state index in [-0.39, 0.29) is 17.7 Å². The van der Waals surface area contributed by atoms with Crippen LogP contribution in [0.25, 0.3) is 10.9 Å². The molecule has 1 atom stereocenters. The highest BCUT2D eigenvalue weighted by molar-refractivity contribution is 7.17. The summed E-state index contributed by atoms with van der Waals surface area (Å²) in [6, 6.07) is 5.23. The van der Waals surface area contributed by atoms with Crippen LogP contribution >= 0.6 is 11.3 Å². The molecule has 0 fully saturated rings. The smallest absolute Gasteiger partial charge is 0.349 e. The molecule has 1 aromatic carbocycles. The summed E-state index contributed by atoms with van der Waals surface area (Å²) in [5.74, 6) is -0.832. The topological polar surface area (TPSA) is 113 Å². The third-order valence-electron chi connectivity index (χ3n) is 4.50. The molecule has 1 unspecified atom stereocenters. The molecule has 0 bridgehead atoms. The molecular formula is C18H16N4O4S. The number of anilines is 1. The van der Waals surface area contributed by atoms with Gasteiger partial charge >= 0.3 is 5.97 Å². The van der Waals surface area contributed by atoms with Crippen molar-refractivity contribution in [2.75, 3.05) is 19.0 Å². The predicted molar refractivity (Wildman–Crippen MR) is 100 cm³/mol. The summed E-state index contributed by atoms with van der Waals surface area (Å²) >= 11 is 1.04. The predicted octanol–water partition coefficient (Wildman–Crippen LogP) is 2.51. The minimum Gasteiger partial charge on any atom is -0.465 e. The molecule has 4 rings (SSSR count). The second-order valence-electron chi connectivity index (χ2n) is 6.26. The molecule has 0 spiro atoms. The van der Waals surface area contributed by atoms with Crippen molar-refractivity contribution in [2.24, 2.45) is 0 Å². The maximum Gasteiger partial charge on any atom is 0.349 e. The normalized spacial score (nSPS) is 15.9. The van der Waals surface area contributed by atoms with E-state index in [1.54, 1.807) is 18.2 Å². The Morgan fingerprint density at radius 1 is 1.37 bits per heavy atom. The lowest BCUT2D eigenvalue weighted by Gasteiger charge is -2.19. The van der Waals surface area contributed by atoms with Crippen LogP contribution < -0.4 is 10.6 Å².